The van der Waals surface area contributed by atoms with Crippen molar-refractivity contribution in [2.24, 2.45) is 0 Å². The van der Waals surface area contributed by atoms with Gasteiger partial charge in [-0.25, -0.2) is 0 Å². The topological polar surface area (TPSA) is 41.5 Å². The van der Waals surface area contributed by atoms with E-state index in [1.54, 1.807) is 0 Å². The van der Waals surface area contributed by atoms with Crippen molar-refractivity contribution in [2.45, 2.75) is 63.1 Å². The smallest absolute Gasteiger partial charge is 0.0670 e. The van der Waals surface area contributed by atoms with Gasteiger partial charge >= 0.3 is 0 Å². The Morgan fingerprint density at radius 2 is 2.20 bits per heavy atom. The Kier molecular flexibility index (Phi) is 3.06. The van der Waals surface area contributed by atoms with Crippen LogP contribution in [0.1, 0.15) is 46.0 Å². The van der Waals surface area contributed by atoms with E-state index < -0.39 is 0 Å². The molecule has 2 N–H and O–H groups in total. The lowest BCUT2D eigenvalue weighted by molar-refractivity contribution is -0.111. The fourth-order valence-electron chi connectivity index (χ4n) is 2.54. The van der Waals surface area contributed by atoms with Crippen molar-refractivity contribution in [1.29, 1.82) is 0 Å². The summed E-state index contributed by atoms with van der Waals surface area (Å²) in [7, 11) is 0. The molecule has 0 radical (unpaired) electrons. The van der Waals surface area contributed by atoms with E-state index in [1.165, 1.54) is 12.8 Å². The first-order chi connectivity index (χ1) is 7.11. The predicted molar refractivity (Wildman–Crippen MR) is 59.9 cm³/mol. The number of aliphatic hydroxyl groups is 1. The summed E-state index contributed by atoms with van der Waals surface area (Å²) >= 11 is 0. The second-order valence-corrected chi connectivity index (χ2v) is 5.44. The van der Waals surface area contributed by atoms with Crippen LogP contribution in [0.4, 0.5) is 0 Å². The Morgan fingerprint density at radius 3 is 2.73 bits per heavy atom. The van der Waals surface area contributed by atoms with E-state index >= 15 is 0 Å². The van der Waals surface area contributed by atoms with Crippen LogP contribution in [0.25, 0.3) is 0 Å². The standard InChI is InChI=1S/C12H23NO2/c1-3-11(2)8-12(9-14,6-7-15-11)13-10-4-5-10/h10,13-14H,3-9H2,1-2H3. The Bertz CT molecular complexity index is 230. The summed E-state index contributed by atoms with van der Waals surface area (Å²) in [5.74, 6) is 0. The fourth-order valence-corrected chi connectivity index (χ4v) is 2.54. The third-order valence-corrected chi connectivity index (χ3v) is 3.88. The van der Waals surface area contributed by atoms with E-state index in [0.29, 0.717) is 6.04 Å². The summed E-state index contributed by atoms with van der Waals surface area (Å²) in [4.78, 5) is 0. The van der Waals surface area contributed by atoms with Crippen LogP contribution in [-0.4, -0.2) is 35.5 Å². The van der Waals surface area contributed by atoms with Crippen LogP contribution in [0.3, 0.4) is 0 Å². The zero-order chi connectivity index (χ0) is 10.9. The number of aliphatic hydroxyl groups excluding tert-OH is 1. The Morgan fingerprint density at radius 1 is 1.47 bits per heavy atom. The molecule has 0 aromatic rings. The highest BCUT2D eigenvalue weighted by Gasteiger charge is 2.44. The van der Waals surface area contributed by atoms with Crippen molar-refractivity contribution in [1.82, 2.24) is 5.32 Å². The SMILES string of the molecule is CCC1(C)CC(CO)(NC2CC2)CCO1. The predicted octanol–water partition coefficient (Wildman–Crippen LogP) is 1.45. The van der Waals surface area contributed by atoms with Gasteiger partial charge in [-0.2, -0.15) is 0 Å². The minimum absolute atomic E-state index is 0.0527. The van der Waals surface area contributed by atoms with Crippen molar-refractivity contribution in [3.05, 3.63) is 0 Å². The van der Waals surface area contributed by atoms with Gasteiger partial charge in [0.2, 0.25) is 0 Å². The molecule has 0 bridgehead atoms. The van der Waals surface area contributed by atoms with Crippen molar-refractivity contribution in [3.8, 4) is 0 Å². The normalized spacial score (nSPS) is 41.8. The second kappa shape index (κ2) is 4.04. The van der Waals surface area contributed by atoms with Crippen LogP contribution in [-0.2, 0) is 4.74 Å². The number of nitrogens with one attached hydrogen (secondary N) is 1. The fraction of sp³-hybridized carbons (Fsp3) is 1.00. The quantitative estimate of drug-likeness (QED) is 0.742. The third-order valence-electron chi connectivity index (χ3n) is 3.88. The van der Waals surface area contributed by atoms with Crippen LogP contribution >= 0.6 is 0 Å². The van der Waals surface area contributed by atoms with Gasteiger partial charge in [-0.15, -0.1) is 0 Å². The maximum atomic E-state index is 9.63. The van der Waals surface area contributed by atoms with Gasteiger partial charge in [0, 0.05) is 18.2 Å². The van der Waals surface area contributed by atoms with E-state index in [-0.39, 0.29) is 17.7 Å². The van der Waals surface area contributed by atoms with E-state index in [4.69, 9.17) is 4.74 Å². The molecule has 1 saturated heterocycles. The maximum absolute atomic E-state index is 9.63. The van der Waals surface area contributed by atoms with E-state index in [1.807, 2.05) is 0 Å². The maximum Gasteiger partial charge on any atom is 0.0670 e. The lowest BCUT2D eigenvalue weighted by Crippen LogP contribution is -2.58. The average molecular weight is 213 g/mol. The highest BCUT2D eigenvalue weighted by Crippen LogP contribution is 2.36. The van der Waals surface area contributed by atoms with Gasteiger partial charge in [0.1, 0.15) is 0 Å². The van der Waals surface area contributed by atoms with Crippen molar-refractivity contribution in [2.75, 3.05) is 13.2 Å². The third kappa shape index (κ3) is 2.52. The number of hydrogen-bond donors (Lipinski definition) is 2. The second-order valence-electron chi connectivity index (χ2n) is 5.44. The van der Waals surface area contributed by atoms with Crippen LogP contribution in [0.2, 0.25) is 0 Å². The van der Waals surface area contributed by atoms with Gasteiger partial charge in [-0.1, -0.05) is 6.92 Å². The zero-order valence-electron chi connectivity index (χ0n) is 9.88. The molecule has 2 unspecified atom stereocenters. The lowest BCUT2D eigenvalue weighted by Gasteiger charge is -2.46. The molecule has 2 fully saturated rings. The molecule has 2 aliphatic rings. The number of rotatable bonds is 4. The lowest BCUT2D eigenvalue weighted by atomic mass is 9.79. The first-order valence-corrected chi connectivity index (χ1v) is 6.14. The average Bonchev–Trinajstić information content (AvgIpc) is 3.02. The first kappa shape index (κ1) is 11.4. The molecule has 3 nitrogen and oxygen atoms in total. The molecular weight excluding hydrogens is 190 g/mol. The minimum Gasteiger partial charge on any atom is -0.394 e. The molecule has 1 aliphatic carbocycles. The molecule has 1 saturated carbocycles. The summed E-state index contributed by atoms with van der Waals surface area (Å²) in [5.41, 5.74) is -0.132. The van der Waals surface area contributed by atoms with Gasteiger partial charge < -0.3 is 15.2 Å². The van der Waals surface area contributed by atoms with Gasteiger partial charge in [-0.3, -0.25) is 0 Å². The molecule has 1 heterocycles. The molecule has 2 rings (SSSR count). The molecule has 0 amide bonds. The molecule has 88 valence electrons. The molecule has 1 aliphatic heterocycles. The summed E-state index contributed by atoms with van der Waals surface area (Å²) in [6.07, 6.45) is 5.43. The van der Waals surface area contributed by atoms with Crippen LogP contribution in [0.15, 0.2) is 0 Å². The molecule has 15 heavy (non-hydrogen) atoms. The highest BCUT2D eigenvalue weighted by molar-refractivity contribution is 5.01. The zero-order valence-corrected chi connectivity index (χ0v) is 9.88. The van der Waals surface area contributed by atoms with E-state index in [0.717, 1.165) is 25.9 Å². The minimum atomic E-state index is -0.0792. The van der Waals surface area contributed by atoms with Crippen LogP contribution in [0.5, 0.6) is 0 Å². The molecule has 0 aromatic heterocycles. The van der Waals surface area contributed by atoms with E-state index in [2.05, 4.69) is 19.2 Å². The van der Waals surface area contributed by atoms with Gasteiger partial charge in [0.15, 0.2) is 0 Å². The largest absolute Gasteiger partial charge is 0.394 e. The molecule has 3 heteroatoms. The van der Waals surface area contributed by atoms with Gasteiger partial charge in [-0.05, 0) is 39.0 Å². The Labute approximate surface area is 92.2 Å². The van der Waals surface area contributed by atoms with Gasteiger partial charge in [0.05, 0.1) is 12.2 Å². The molecule has 0 aromatic carbocycles. The first-order valence-electron chi connectivity index (χ1n) is 6.14. The van der Waals surface area contributed by atoms with Crippen LogP contribution in [0, 0.1) is 0 Å². The summed E-state index contributed by atoms with van der Waals surface area (Å²) in [6, 6.07) is 0.649. The Hall–Kier alpha value is -0.120. The van der Waals surface area contributed by atoms with E-state index in [9.17, 15) is 5.11 Å². The molecular formula is C12H23NO2. The van der Waals surface area contributed by atoms with Crippen molar-refractivity contribution in [3.63, 3.8) is 0 Å². The monoisotopic (exact) mass is 213 g/mol. The summed E-state index contributed by atoms with van der Waals surface area (Å²) in [6.45, 7) is 5.32. The van der Waals surface area contributed by atoms with Crippen LogP contribution < -0.4 is 5.32 Å². The Balaban J connectivity index is 2.03. The van der Waals surface area contributed by atoms with Crippen molar-refractivity contribution < 1.29 is 9.84 Å². The molecule has 2 atom stereocenters. The van der Waals surface area contributed by atoms with Gasteiger partial charge in [0.25, 0.3) is 0 Å². The summed E-state index contributed by atoms with van der Waals surface area (Å²) in [5, 5.41) is 13.2. The van der Waals surface area contributed by atoms with Crippen molar-refractivity contribution >= 4 is 0 Å². The number of hydrogen-bond acceptors (Lipinski definition) is 3. The number of ether oxygens (including phenoxy) is 1. The highest BCUT2D eigenvalue weighted by atomic mass is 16.5. The molecule has 0 spiro atoms. The summed E-state index contributed by atoms with van der Waals surface area (Å²) < 4.78 is 5.82.